The number of thioether (sulfide) groups is 1. The highest BCUT2D eigenvalue weighted by atomic mass is 32.2. The Morgan fingerprint density at radius 1 is 0.803 bits per heavy atom. The zero-order valence-electron chi connectivity index (χ0n) is 35.4. The molecule has 1 aromatic carbocycles. The molecule has 2 aliphatic rings. The summed E-state index contributed by atoms with van der Waals surface area (Å²) in [5.74, 6) is -4.83. The van der Waals surface area contributed by atoms with Crippen molar-refractivity contribution in [1.82, 2.24) is 31.1 Å². The molecular formula is C40H64N10O10S. The fourth-order valence-electron chi connectivity index (χ4n) is 7.33. The Hall–Kier alpha value is -5.15. The van der Waals surface area contributed by atoms with Crippen molar-refractivity contribution in [3.63, 3.8) is 0 Å². The lowest BCUT2D eigenvalue weighted by Crippen LogP contribution is -2.60. The fraction of sp³-hybridized carbons (Fsp3) is 0.650. The molecule has 21 heteroatoms. The molecule has 0 aliphatic carbocycles. The third-order valence-corrected chi connectivity index (χ3v) is 11.3. The third kappa shape index (κ3) is 15.4. The SMILES string of the molecule is CSCC[C@H](NC(=O)[C@@H](N)[C@@H](C)O)C(=O)N[C@@H](CC(C)C)C(=O)N1CCC[C@H]1C(=O)N[C@@H](Cc1ccc(O)cc1)C(=O)N[C@@H](CCCN=C(N)N)C(=O)N1CCC[C@H]1C(=O)O. The Kier molecular flexibility index (Phi) is 20.0. The Morgan fingerprint density at radius 3 is 1.93 bits per heavy atom. The van der Waals surface area contributed by atoms with E-state index in [9.17, 15) is 48.9 Å². The number of aliphatic hydroxyl groups is 1. The normalized spacial score (nSPS) is 19.2. The molecule has 0 bridgehead atoms. The molecule has 13 N–H and O–H groups in total. The van der Waals surface area contributed by atoms with E-state index in [4.69, 9.17) is 17.2 Å². The van der Waals surface area contributed by atoms with Gasteiger partial charge in [-0.2, -0.15) is 11.8 Å². The number of nitrogens with two attached hydrogens (primary N) is 3. The number of aliphatic hydroxyl groups excluding tert-OH is 1. The van der Waals surface area contributed by atoms with Crippen LogP contribution in [0.5, 0.6) is 5.75 Å². The van der Waals surface area contributed by atoms with Crippen molar-refractivity contribution in [2.45, 2.75) is 127 Å². The predicted octanol–water partition coefficient (Wildman–Crippen LogP) is -1.50. The molecule has 0 unspecified atom stereocenters. The molecule has 0 radical (unpaired) electrons. The lowest BCUT2D eigenvalue weighted by Gasteiger charge is -2.32. The van der Waals surface area contributed by atoms with Crippen molar-refractivity contribution in [1.29, 1.82) is 0 Å². The molecule has 20 nitrogen and oxygen atoms in total. The van der Waals surface area contributed by atoms with Crippen molar-refractivity contribution in [2.75, 3.05) is 31.6 Å². The number of carboxylic acids is 1. The first-order valence-electron chi connectivity index (χ1n) is 20.7. The van der Waals surface area contributed by atoms with Crippen molar-refractivity contribution in [2.24, 2.45) is 28.1 Å². The molecular weight excluding hydrogens is 813 g/mol. The molecule has 8 atom stereocenters. The molecule has 0 spiro atoms. The number of nitrogens with one attached hydrogen (secondary N) is 4. The van der Waals surface area contributed by atoms with Crippen LogP contribution in [0, 0.1) is 5.92 Å². The Morgan fingerprint density at radius 2 is 1.36 bits per heavy atom. The highest BCUT2D eigenvalue weighted by Gasteiger charge is 2.41. The van der Waals surface area contributed by atoms with Gasteiger partial charge in [0.1, 0.15) is 48.0 Å². The van der Waals surface area contributed by atoms with Crippen LogP contribution in [0.3, 0.4) is 0 Å². The number of nitrogens with zero attached hydrogens (tertiary/aromatic N) is 3. The van der Waals surface area contributed by atoms with Crippen LogP contribution in [0.4, 0.5) is 0 Å². The number of aliphatic carboxylic acids is 1. The number of aromatic hydroxyl groups is 1. The van der Waals surface area contributed by atoms with Crippen LogP contribution >= 0.6 is 11.8 Å². The van der Waals surface area contributed by atoms with Crippen LogP contribution in [0.25, 0.3) is 0 Å². The van der Waals surface area contributed by atoms with Gasteiger partial charge in [0.25, 0.3) is 0 Å². The van der Waals surface area contributed by atoms with Crippen LogP contribution in [0.1, 0.15) is 77.7 Å². The summed E-state index contributed by atoms with van der Waals surface area (Å²) >= 11 is 1.45. The number of rotatable bonds is 23. The number of guanidine groups is 1. The quantitative estimate of drug-likeness (QED) is 0.0340. The summed E-state index contributed by atoms with van der Waals surface area (Å²) in [5, 5.41) is 40.4. The molecule has 2 fully saturated rings. The van der Waals surface area contributed by atoms with E-state index in [1.807, 2.05) is 20.1 Å². The Bertz CT molecular complexity index is 1710. The lowest BCUT2D eigenvalue weighted by molar-refractivity contribution is -0.149. The van der Waals surface area contributed by atoms with Gasteiger partial charge in [-0.3, -0.25) is 33.8 Å². The van der Waals surface area contributed by atoms with Crippen molar-refractivity contribution >= 4 is 59.1 Å². The van der Waals surface area contributed by atoms with E-state index in [1.165, 1.54) is 40.6 Å². The minimum Gasteiger partial charge on any atom is -0.508 e. The standard InChI is InChI=1S/C40H64N10O10S/c1-22(2)20-29(48-33(53)26(15-19-61-4)45-36(56)32(41)23(3)51)38(58)49-17-6-9-30(49)35(55)47-28(21-24-11-13-25(52)14-12-24)34(54)46-27(8-5-16-44-40(42)43)37(57)50-18-7-10-31(50)39(59)60/h11-14,22-23,26-32,51-52H,5-10,15-21,41H2,1-4H3,(H,45,56)(H,46,54)(H,47,55)(H,48,53)(H,59,60)(H4,42,43,44)/t23-,26+,27+,28+,29+,30+,31+,32+/m1/s1. The number of hydrogen-bond acceptors (Lipinski definition) is 12. The van der Waals surface area contributed by atoms with Gasteiger partial charge in [-0.05, 0) is 93.9 Å². The van der Waals surface area contributed by atoms with Crippen molar-refractivity contribution in [3.05, 3.63) is 29.8 Å². The smallest absolute Gasteiger partial charge is 0.326 e. The summed E-state index contributed by atoms with van der Waals surface area (Å²) < 4.78 is 0. The van der Waals surface area contributed by atoms with E-state index in [-0.39, 0.29) is 82.2 Å². The molecule has 2 heterocycles. The fourth-order valence-corrected chi connectivity index (χ4v) is 7.80. The molecule has 3 rings (SSSR count). The maximum absolute atomic E-state index is 14.3. The molecule has 1 aromatic rings. The molecule has 6 amide bonds. The van der Waals surface area contributed by atoms with E-state index in [0.29, 0.717) is 24.2 Å². The number of carbonyl (C=O) groups is 7. The molecule has 61 heavy (non-hydrogen) atoms. The van der Waals surface area contributed by atoms with Gasteiger partial charge in [0.05, 0.1) is 6.10 Å². The largest absolute Gasteiger partial charge is 0.508 e. The van der Waals surface area contributed by atoms with Crippen molar-refractivity contribution < 1.29 is 48.9 Å². The summed E-state index contributed by atoms with van der Waals surface area (Å²) in [6, 6.07) is -2.05. The third-order valence-electron chi connectivity index (χ3n) is 10.6. The van der Waals surface area contributed by atoms with Crippen molar-refractivity contribution in [3.8, 4) is 5.75 Å². The minimum absolute atomic E-state index is 0.0248. The second-order valence-electron chi connectivity index (χ2n) is 16.0. The highest BCUT2D eigenvalue weighted by Crippen LogP contribution is 2.23. The summed E-state index contributed by atoms with van der Waals surface area (Å²) in [4.78, 5) is 101. The monoisotopic (exact) mass is 876 g/mol. The van der Waals surface area contributed by atoms with E-state index in [1.54, 1.807) is 12.1 Å². The van der Waals surface area contributed by atoms with E-state index >= 15 is 0 Å². The van der Waals surface area contributed by atoms with E-state index < -0.39 is 89.8 Å². The van der Waals surface area contributed by atoms with Gasteiger partial charge in [0.15, 0.2) is 5.96 Å². The number of likely N-dealkylation sites (tertiary alicyclic amines) is 2. The molecule has 340 valence electrons. The number of carboxylic acid groups (broad SMARTS) is 1. The maximum Gasteiger partial charge on any atom is 0.326 e. The van der Waals surface area contributed by atoms with Gasteiger partial charge in [0.2, 0.25) is 35.4 Å². The number of carbonyl (C=O) groups excluding carboxylic acids is 6. The molecule has 0 aromatic heterocycles. The Balaban J connectivity index is 1.88. The highest BCUT2D eigenvalue weighted by molar-refractivity contribution is 7.98. The van der Waals surface area contributed by atoms with Gasteiger partial charge in [-0.15, -0.1) is 0 Å². The van der Waals surface area contributed by atoms with Crippen LogP contribution in [-0.2, 0) is 40.0 Å². The summed E-state index contributed by atoms with van der Waals surface area (Å²) in [6.07, 6.45) is 2.71. The number of phenolic OH excluding ortho intramolecular Hbond substituents is 1. The van der Waals surface area contributed by atoms with Crippen LogP contribution in [-0.4, -0.2) is 153 Å². The first-order valence-corrected chi connectivity index (χ1v) is 22.0. The van der Waals surface area contributed by atoms with E-state index in [2.05, 4.69) is 26.3 Å². The second-order valence-corrected chi connectivity index (χ2v) is 16.9. The average molecular weight is 877 g/mol. The topological polar surface area (TPSA) is 325 Å². The number of hydrogen-bond donors (Lipinski definition) is 10. The number of phenols is 1. The van der Waals surface area contributed by atoms with E-state index in [0.717, 1.165) is 0 Å². The van der Waals surface area contributed by atoms with Gasteiger partial charge < -0.3 is 63.6 Å². The van der Waals surface area contributed by atoms with Gasteiger partial charge in [0, 0.05) is 26.1 Å². The predicted molar refractivity (Wildman–Crippen MR) is 229 cm³/mol. The minimum atomic E-state index is -1.29. The maximum atomic E-state index is 14.3. The Labute approximate surface area is 360 Å². The van der Waals surface area contributed by atoms with Gasteiger partial charge >= 0.3 is 5.97 Å². The zero-order chi connectivity index (χ0) is 45.4. The molecule has 0 saturated carbocycles. The first kappa shape index (κ1) is 50.2. The van der Waals surface area contributed by atoms with Crippen LogP contribution < -0.4 is 38.5 Å². The molecule has 2 aliphatic heterocycles. The van der Waals surface area contributed by atoms with Gasteiger partial charge in [-0.25, -0.2) is 4.79 Å². The molecule has 2 saturated heterocycles. The lowest BCUT2D eigenvalue weighted by atomic mass is 10.0. The second kappa shape index (κ2) is 24.3. The van der Waals surface area contributed by atoms with Gasteiger partial charge in [-0.1, -0.05) is 26.0 Å². The number of aliphatic imine (C=N–C) groups is 1. The zero-order valence-corrected chi connectivity index (χ0v) is 36.2. The first-order chi connectivity index (χ1) is 28.8. The summed E-state index contributed by atoms with van der Waals surface area (Å²) in [6.45, 7) is 5.58. The summed E-state index contributed by atoms with van der Waals surface area (Å²) in [7, 11) is 0. The average Bonchev–Trinajstić information content (AvgIpc) is 3.91. The van der Waals surface area contributed by atoms with Crippen LogP contribution in [0.15, 0.2) is 29.3 Å². The van der Waals surface area contributed by atoms with Crippen LogP contribution in [0.2, 0.25) is 0 Å². The summed E-state index contributed by atoms with van der Waals surface area (Å²) in [5.41, 5.74) is 17.3. The number of benzene rings is 1. The number of amides is 6.